The van der Waals surface area contributed by atoms with Gasteiger partial charge in [-0.3, -0.25) is 4.98 Å². The zero-order valence-electron chi connectivity index (χ0n) is 13.3. The van der Waals surface area contributed by atoms with Gasteiger partial charge in [-0.1, -0.05) is 6.07 Å². The Morgan fingerprint density at radius 1 is 1.17 bits per heavy atom. The highest BCUT2D eigenvalue weighted by atomic mass is 32.1. The summed E-state index contributed by atoms with van der Waals surface area (Å²) < 4.78 is 10.9. The molecule has 5 nitrogen and oxygen atoms in total. The number of hydrogen-bond acceptors (Lipinski definition) is 6. The standard InChI is InChI=1S/C18H16N2O3S/c1-12(17-20-9-10-24-17)23-18(21)13-6-7-16(22-2)14(11-13)15-5-3-4-8-19-15/h3-12H,1-2H3/t12-/m0/s1. The predicted octanol–water partition coefficient (Wildman–Crippen LogP) is 4.13. The van der Waals surface area contributed by atoms with Crippen LogP contribution in [0, 0.1) is 0 Å². The molecule has 0 saturated heterocycles. The van der Waals surface area contributed by atoms with Gasteiger partial charge in [0.1, 0.15) is 10.8 Å². The molecule has 3 rings (SSSR count). The van der Waals surface area contributed by atoms with Gasteiger partial charge < -0.3 is 9.47 Å². The minimum absolute atomic E-state index is 0.391. The Hall–Kier alpha value is -2.73. The van der Waals surface area contributed by atoms with E-state index in [0.29, 0.717) is 11.3 Å². The Morgan fingerprint density at radius 3 is 2.71 bits per heavy atom. The van der Waals surface area contributed by atoms with E-state index in [1.54, 1.807) is 44.6 Å². The van der Waals surface area contributed by atoms with Crippen molar-refractivity contribution in [1.29, 1.82) is 0 Å². The second-order valence-corrected chi connectivity index (χ2v) is 5.97. The quantitative estimate of drug-likeness (QED) is 0.654. The molecule has 0 aliphatic heterocycles. The topological polar surface area (TPSA) is 61.3 Å². The molecule has 122 valence electrons. The number of nitrogens with zero attached hydrogens (tertiary/aromatic N) is 2. The monoisotopic (exact) mass is 340 g/mol. The van der Waals surface area contributed by atoms with E-state index < -0.39 is 12.1 Å². The normalized spacial score (nSPS) is 11.8. The number of pyridine rings is 1. The Balaban J connectivity index is 1.87. The van der Waals surface area contributed by atoms with E-state index in [9.17, 15) is 4.79 Å². The summed E-state index contributed by atoms with van der Waals surface area (Å²) in [6.07, 6.45) is 3.00. The maximum Gasteiger partial charge on any atom is 0.338 e. The number of ether oxygens (including phenoxy) is 2. The van der Waals surface area contributed by atoms with E-state index >= 15 is 0 Å². The number of hydrogen-bond donors (Lipinski definition) is 0. The third-order valence-electron chi connectivity index (χ3n) is 3.46. The SMILES string of the molecule is COc1ccc(C(=O)O[C@@H](C)c2nccs2)cc1-c1ccccn1. The third-order valence-corrected chi connectivity index (χ3v) is 4.40. The zero-order chi connectivity index (χ0) is 16.9. The molecular weight excluding hydrogens is 324 g/mol. The number of rotatable bonds is 5. The van der Waals surface area contributed by atoms with E-state index in [2.05, 4.69) is 9.97 Å². The molecule has 6 heteroatoms. The molecule has 0 radical (unpaired) electrons. The van der Waals surface area contributed by atoms with Gasteiger partial charge in [-0.15, -0.1) is 11.3 Å². The maximum absolute atomic E-state index is 12.4. The first-order chi connectivity index (χ1) is 11.7. The first kappa shape index (κ1) is 16.1. The van der Waals surface area contributed by atoms with Crippen LogP contribution in [0.4, 0.5) is 0 Å². The smallest absolute Gasteiger partial charge is 0.338 e. The molecule has 0 bridgehead atoms. The fourth-order valence-electron chi connectivity index (χ4n) is 2.27. The molecule has 0 N–H and O–H groups in total. The molecule has 1 atom stereocenters. The molecule has 0 aliphatic rings. The molecule has 0 unspecified atom stereocenters. The summed E-state index contributed by atoms with van der Waals surface area (Å²) in [5.41, 5.74) is 1.92. The molecule has 0 spiro atoms. The number of carbonyl (C=O) groups excluding carboxylic acids is 1. The van der Waals surface area contributed by atoms with Crippen molar-refractivity contribution in [3.8, 4) is 17.0 Å². The lowest BCUT2D eigenvalue weighted by Crippen LogP contribution is -2.09. The fourth-order valence-corrected chi connectivity index (χ4v) is 2.89. The largest absolute Gasteiger partial charge is 0.496 e. The van der Waals surface area contributed by atoms with Gasteiger partial charge in [-0.2, -0.15) is 0 Å². The number of carbonyl (C=O) groups is 1. The highest BCUT2D eigenvalue weighted by molar-refractivity contribution is 7.09. The Bertz CT molecular complexity index is 820. The first-order valence-electron chi connectivity index (χ1n) is 7.39. The average Bonchev–Trinajstić information content (AvgIpc) is 3.16. The average molecular weight is 340 g/mol. The third kappa shape index (κ3) is 3.44. The molecular formula is C18H16N2O3S. The van der Waals surface area contributed by atoms with Crippen LogP contribution in [-0.2, 0) is 4.74 Å². The van der Waals surface area contributed by atoms with Crippen molar-refractivity contribution in [3.05, 3.63) is 64.7 Å². The lowest BCUT2D eigenvalue weighted by Gasteiger charge is -2.13. The van der Waals surface area contributed by atoms with Gasteiger partial charge in [0.2, 0.25) is 0 Å². The summed E-state index contributed by atoms with van der Waals surface area (Å²) in [7, 11) is 1.59. The van der Waals surface area contributed by atoms with Crippen molar-refractivity contribution in [3.63, 3.8) is 0 Å². The molecule has 0 aliphatic carbocycles. The predicted molar refractivity (Wildman–Crippen MR) is 92.2 cm³/mol. The summed E-state index contributed by atoms with van der Waals surface area (Å²) in [5, 5.41) is 2.62. The van der Waals surface area contributed by atoms with Crippen molar-refractivity contribution in [2.45, 2.75) is 13.0 Å². The number of methoxy groups -OCH3 is 1. The van der Waals surface area contributed by atoms with E-state index in [-0.39, 0.29) is 0 Å². The zero-order valence-corrected chi connectivity index (χ0v) is 14.1. The summed E-state index contributed by atoms with van der Waals surface area (Å²) in [4.78, 5) is 20.9. The molecule has 0 saturated carbocycles. The second kappa shape index (κ2) is 7.23. The fraction of sp³-hybridized carbons (Fsp3) is 0.167. The van der Waals surface area contributed by atoms with E-state index in [4.69, 9.17) is 9.47 Å². The summed E-state index contributed by atoms with van der Waals surface area (Å²) in [6, 6.07) is 10.8. The number of aromatic nitrogens is 2. The lowest BCUT2D eigenvalue weighted by atomic mass is 10.1. The van der Waals surface area contributed by atoms with E-state index in [1.807, 2.05) is 23.6 Å². The van der Waals surface area contributed by atoms with Crippen LogP contribution < -0.4 is 4.74 Å². The summed E-state index contributed by atoms with van der Waals surface area (Å²) in [5.74, 6) is 0.246. The summed E-state index contributed by atoms with van der Waals surface area (Å²) >= 11 is 1.46. The Morgan fingerprint density at radius 2 is 2.04 bits per heavy atom. The van der Waals surface area contributed by atoms with Gasteiger partial charge in [-0.05, 0) is 37.3 Å². The minimum Gasteiger partial charge on any atom is -0.496 e. The molecule has 2 heterocycles. The van der Waals surface area contributed by atoms with Gasteiger partial charge in [0.15, 0.2) is 6.10 Å². The van der Waals surface area contributed by atoms with Crippen molar-refractivity contribution in [2.24, 2.45) is 0 Å². The maximum atomic E-state index is 12.4. The van der Waals surface area contributed by atoms with Crippen LogP contribution in [0.1, 0.15) is 28.4 Å². The van der Waals surface area contributed by atoms with Crippen molar-refractivity contribution in [1.82, 2.24) is 9.97 Å². The van der Waals surface area contributed by atoms with Crippen molar-refractivity contribution >= 4 is 17.3 Å². The van der Waals surface area contributed by atoms with Crippen molar-refractivity contribution in [2.75, 3.05) is 7.11 Å². The molecule has 0 fully saturated rings. The van der Waals surface area contributed by atoms with Gasteiger partial charge >= 0.3 is 5.97 Å². The van der Waals surface area contributed by atoms with Crippen LogP contribution in [0.2, 0.25) is 0 Å². The van der Waals surface area contributed by atoms with Crippen LogP contribution in [-0.4, -0.2) is 23.0 Å². The van der Waals surface area contributed by atoms with Gasteiger partial charge in [0, 0.05) is 23.3 Å². The van der Waals surface area contributed by atoms with Gasteiger partial charge in [0.25, 0.3) is 0 Å². The number of thiazole rings is 1. The molecule has 0 amide bonds. The molecule has 3 aromatic rings. The van der Waals surface area contributed by atoms with E-state index in [1.165, 1.54) is 11.3 Å². The summed E-state index contributed by atoms with van der Waals surface area (Å²) in [6.45, 7) is 1.81. The van der Waals surface area contributed by atoms with Crippen LogP contribution in [0.3, 0.4) is 0 Å². The van der Waals surface area contributed by atoms with Gasteiger partial charge in [-0.25, -0.2) is 9.78 Å². The Labute approximate surface area is 143 Å². The van der Waals surface area contributed by atoms with Crippen LogP contribution in [0.5, 0.6) is 5.75 Å². The molecule has 24 heavy (non-hydrogen) atoms. The number of esters is 1. The van der Waals surface area contributed by atoms with Gasteiger partial charge in [0.05, 0.1) is 18.4 Å². The molecule has 2 aromatic heterocycles. The minimum atomic E-state index is -0.405. The first-order valence-corrected chi connectivity index (χ1v) is 8.27. The number of benzene rings is 1. The van der Waals surface area contributed by atoms with E-state index in [0.717, 1.165) is 16.3 Å². The highest BCUT2D eigenvalue weighted by Gasteiger charge is 2.18. The highest BCUT2D eigenvalue weighted by Crippen LogP contribution is 2.30. The second-order valence-electron chi connectivity index (χ2n) is 5.05. The Kier molecular flexibility index (Phi) is 4.86. The van der Waals surface area contributed by atoms with Crippen LogP contribution in [0.25, 0.3) is 11.3 Å². The van der Waals surface area contributed by atoms with Crippen LogP contribution >= 0.6 is 11.3 Å². The molecule has 1 aromatic carbocycles. The van der Waals surface area contributed by atoms with Crippen molar-refractivity contribution < 1.29 is 14.3 Å². The lowest BCUT2D eigenvalue weighted by molar-refractivity contribution is 0.0337. The van der Waals surface area contributed by atoms with Crippen LogP contribution in [0.15, 0.2) is 54.2 Å².